The molecule has 28 heavy (non-hydrogen) atoms. The summed E-state index contributed by atoms with van der Waals surface area (Å²) in [6.07, 6.45) is 1.64. The Morgan fingerprint density at radius 1 is 1.04 bits per heavy atom. The Labute approximate surface area is 169 Å². The molecule has 0 atom stereocenters. The Hall–Kier alpha value is -2.97. The molecule has 0 aliphatic heterocycles. The van der Waals surface area contributed by atoms with Crippen LogP contribution in [0.2, 0.25) is 0 Å². The van der Waals surface area contributed by atoms with E-state index in [9.17, 15) is 0 Å². The van der Waals surface area contributed by atoms with Gasteiger partial charge in [0, 0.05) is 11.9 Å². The summed E-state index contributed by atoms with van der Waals surface area (Å²) in [6, 6.07) is 15.8. The second-order valence-electron chi connectivity index (χ2n) is 5.98. The standard InChI is InChI=1S/C20H15N5OS2/c1-2-25-18(15-9-5-11-26-15)23-24-20(25)28-19-13-7-3-4-8-14(13)21-17(22-19)16-10-6-12-27-16/h3-12H,2H2,1H3. The second-order valence-corrected chi connectivity index (χ2v) is 7.88. The van der Waals surface area contributed by atoms with Crippen LogP contribution >= 0.6 is 23.1 Å². The average Bonchev–Trinajstić information content (AvgIpc) is 3.48. The quantitative estimate of drug-likeness (QED) is 0.366. The molecule has 4 heterocycles. The van der Waals surface area contributed by atoms with Gasteiger partial charge in [-0.1, -0.05) is 24.3 Å². The molecule has 0 aliphatic rings. The lowest BCUT2D eigenvalue weighted by Gasteiger charge is -2.09. The number of benzene rings is 1. The van der Waals surface area contributed by atoms with E-state index in [2.05, 4.69) is 17.1 Å². The SMILES string of the molecule is CCn1c(Sc2nc(-c3cccs3)nc3ccccc23)nnc1-c1ccco1. The van der Waals surface area contributed by atoms with Crippen molar-refractivity contribution in [2.24, 2.45) is 0 Å². The van der Waals surface area contributed by atoms with Gasteiger partial charge in [0.15, 0.2) is 22.6 Å². The van der Waals surface area contributed by atoms with Crippen LogP contribution in [0.3, 0.4) is 0 Å². The minimum Gasteiger partial charge on any atom is -0.461 e. The number of fused-ring (bicyclic) bond motifs is 1. The predicted molar refractivity (Wildman–Crippen MR) is 110 cm³/mol. The van der Waals surface area contributed by atoms with Crippen molar-refractivity contribution < 1.29 is 4.42 Å². The van der Waals surface area contributed by atoms with E-state index < -0.39 is 0 Å². The van der Waals surface area contributed by atoms with Crippen molar-refractivity contribution in [2.75, 3.05) is 0 Å². The first-order chi connectivity index (χ1) is 13.8. The number of nitrogens with zero attached hydrogens (tertiary/aromatic N) is 5. The summed E-state index contributed by atoms with van der Waals surface area (Å²) in [5.41, 5.74) is 0.914. The topological polar surface area (TPSA) is 69.6 Å². The van der Waals surface area contributed by atoms with E-state index in [1.807, 2.05) is 58.5 Å². The lowest BCUT2D eigenvalue weighted by atomic mass is 10.2. The Balaban J connectivity index is 1.62. The Morgan fingerprint density at radius 3 is 2.75 bits per heavy atom. The number of hydrogen-bond acceptors (Lipinski definition) is 7. The molecule has 0 unspecified atom stereocenters. The van der Waals surface area contributed by atoms with Crippen LogP contribution in [0.4, 0.5) is 0 Å². The van der Waals surface area contributed by atoms with Crippen molar-refractivity contribution in [1.82, 2.24) is 24.7 Å². The minimum atomic E-state index is 0.702. The first kappa shape index (κ1) is 17.2. The zero-order chi connectivity index (χ0) is 18.9. The molecule has 1 aromatic carbocycles. The highest BCUT2D eigenvalue weighted by atomic mass is 32.2. The van der Waals surface area contributed by atoms with Crippen molar-refractivity contribution in [3.05, 3.63) is 60.2 Å². The van der Waals surface area contributed by atoms with Crippen molar-refractivity contribution >= 4 is 34.0 Å². The molecule has 0 aliphatic carbocycles. The van der Waals surface area contributed by atoms with Gasteiger partial charge in [-0.3, -0.25) is 4.57 Å². The van der Waals surface area contributed by atoms with Crippen LogP contribution in [0.1, 0.15) is 6.92 Å². The van der Waals surface area contributed by atoms with Gasteiger partial charge in [-0.05, 0) is 48.3 Å². The fourth-order valence-electron chi connectivity index (χ4n) is 2.97. The van der Waals surface area contributed by atoms with Crippen LogP contribution in [-0.2, 0) is 6.54 Å². The van der Waals surface area contributed by atoms with Gasteiger partial charge in [0.05, 0.1) is 16.7 Å². The van der Waals surface area contributed by atoms with E-state index in [0.29, 0.717) is 11.6 Å². The van der Waals surface area contributed by atoms with Gasteiger partial charge in [-0.25, -0.2) is 9.97 Å². The van der Waals surface area contributed by atoms with E-state index in [1.54, 1.807) is 17.6 Å². The van der Waals surface area contributed by atoms with Gasteiger partial charge in [-0.2, -0.15) is 0 Å². The van der Waals surface area contributed by atoms with Crippen molar-refractivity contribution in [3.63, 3.8) is 0 Å². The van der Waals surface area contributed by atoms with Crippen LogP contribution in [0.5, 0.6) is 0 Å². The maximum atomic E-state index is 5.51. The van der Waals surface area contributed by atoms with Crippen molar-refractivity contribution in [1.29, 1.82) is 0 Å². The van der Waals surface area contributed by atoms with E-state index in [4.69, 9.17) is 14.4 Å². The molecule has 0 saturated heterocycles. The molecule has 5 rings (SSSR count). The smallest absolute Gasteiger partial charge is 0.200 e. The molecule has 0 saturated carbocycles. The second kappa shape index (κ2) is 7.21. The van der Waals surface area contributed by atoms with Gasteiger partial charge >= 0.3 is 0 Å². The third kappa shape index (κ3) is 3.00. The highest BCUT2D eigenvalue weighted by Gasteiger charge is 2.18. The summed E-state index contributed by atoms with van der Waals surface area (Å²) >= 11 is 3.13. The number of hydrogen-bond donors (Lipinski definition) is 0. The fourth-order valence-corrected chi connectivity index (χ4v) is 4.62. The molecular formula is C20H15N5OS2. The molecule has 8 heteroatoms. The van der Waals surface area contributed by atoms with Gasteiger partial charge < -0.3 is 4.42 Å². The van der Waals surface area contributed by atoms with Crippen LogP contribution < -0.4 is 0 Å². The molecule has 0 bridgehead atoms. The van der Waals surface area contributed by atoms with Crippen LogP contribution in [0, 0.1) is 0 Å². The number of furan rings is 1. The maximum absolute atomic E-state index is 5.51. The van der Waals surface area contributed by atoms with E-state index in [1.165, 1.54) is 11.8 Å². The monoisotopic (exact) mass is 405 g/mol. The highest BCUT2D eigenvalue weighted by molar-refractivity contribution is 7.99. The Morgan fingerprint density at radius 2 is 1.96 bits per heavy atom. The van der Waals surface area contributed by atoms with Gasteiger partial charge in [0.1, 0.15) is 5.03 Å². The zero-order valence-electron chi connectivity index (χ0n) is 14.9. The van der Waals surface area contributed by atoms with E-state index in [-0.39, 0.29) is 0 Å². The average molecular weight is 406 g/mol. The largest absolute Gasteiger partial charge is 0.461 e. The van der Waals surface area contributed by atoms with Crippen molar-refractivity contribution in [3.8, 4) is 22.3 Å². The number of thiophene rings is 1. The number of para-hydroxylation sites is 1. The summed E-state index contributed by atoms with van der Waals surface area (Å²) in [7, 11) is 0. The summed E-state index contributed by atoms with van der Waals surface area (Å²) in [5.74, 6) is 2.14. The van der Waals surface area contributed by atoms with Gasteiger partial charge in [0.2, 0.25) is 0 Å². The van der Waals surface area contributed by atoms with Crippen LogP contribution in [-0.4, -0.2) is 24.7 Å². The van der Waals surface area contributed by atoms with E-state index >= 15 is 0 Å². The number of rotatable bonds is 5. The van der Waals surface area contributed by atoms with Crippen LogP contribution in [0.15, 0.2) is 74.8 Å². The summed E-state index contributed by atoms with van der Waals surface area (Å²) in [5, 5.41) is 13.4. The first-order valence-electron chi connectivity index (χ1n) is 8.79. The van der Waals surface area contributed by atoms with Gasteiger partial charge in [-0.15, -0.1) is 21.5 Å². The lowest BCUT2D eigenvalue weighted by molar-refractivity contribution is 0.567. The Bertz CT molecular complexity index is 1230. The molecule has 5 aromatic rings. The number of aromatic nitrogens is 5. The molecule has 0 fully saturated rings. The first-order valence-corrected chi connectivity index (χ1v) is 10.5. The predicted octanol–water partition coefficient (Wildman–Crippen LogP) is 5.38. The third-order valence-electron chi connectivity index (χ3n) is 4.27. The third-order valence-corrected chi connectivity index (χ3v) is 6.13. The minimum absolute atomic E-state index is 0.702. The normalized spacial score (nSPS) is 11.3. The molecular weight excluding hydrogens is 390 g/mol. The maximum Gasteiger partial charge on any atom is 0.200 e. The molecule has 138 valence electrons. The van der Waals surface area contributed by atoms with Crippen LogP contribution in [0.25, 0.3) is 33.2 Å². The van der Waals surface area contributed by atoms with E-state index in [0.717, 1.165) is 38.3 Å². The lowest BCUT2D eigenvalue weighted by Crippen LogP contribution is -2.00. The summed E-state index contributed by atoms with van der Waals surface area (Å²) < 4.78 is 7.54. The molecule has 0 radical (unpaired) electrons. The molecule has 0 amide bonds. The molecule has 6 nitrogen and oxygen atoms in total. The molecule has 0 N–H and O–H groups in total. The summed E-state index contributed by atoms with van der Waals surface area (Å²) in [4.78, 5) is 10.6. The zero-order valence-corrected chi connectivity index (χ0v) is 16.6. The summed E-state index contributed by atoms with van der Waals surface area (Å²) in [6.45, 7) is 2.79. The molecule has 0 spiro atoms. The Kier molecular flexibility index (Phi) is 4.42. The molecule has 4 aromatic heterocycles. The fraction of sp³-hybridized carbons (Fsp3) is 0.100. The van der Waals surface area contributed by atoms with Gasteiger partial charge in [0.25, 0.3) is 0 Å². The van der Waals surface area contributed by atoms with Crippen molar-refractivity contribution in [2.45, 2.75) is 23.7 Å². The highest BCUT2D eigenvalue weighted by Crippen LogP contribution is 2.34.